The molecule has 1 unspecified atom stereocenters. The van der Waals surface area contributed by atoms with Crippen molar-refractivity contribution in [1.29, 1.82) is 0 Å². The highest BCUT2D eigenvalue weighted by Gasteiger charge is 2.33. The molecule has 2 N–H and O–H groups in total. The number of carboxylic acids is 1. The SMILES string of the molecule is CC1CN(C(=O)NCc2nc(C(=O)O)cs2)CC(C)(C)O1. The topological polar surface area (TPSA) is 91.8 Å². The van der Waals surface area contributed by atoms with Crippen molar-refractivity contribution in [2.75, 3.05) is 13.1 Å². The van der Waals surface area contributed by atoms with E-state index in [0.29, 0.717) is 18.1 Å². The van der Waals surface area contributed by atoms with Crippen LogP contribution in [0.2, 0.25) is 0 Å². The van der Waals surface area contributed by atoms with Crippen molar-refractivity contribution in [2.45, 2.75) is 39.0 Å². The van der Waals surface area contributed by atoms with Gasteiger partial charge in [-0.1, -0.05) is 0 Å². The maximum Gasteiger partial charge on any atom is 0.355 e. The lowest BCUT2D eigenvalue weighted by Gasteiger charge is -2.41. The van der Waals surface area contributed by atoms with Gasteiger partial charge in [-0.25, -0.2) is 14.6 Å². The first-order valence-corrected chi connectivity index (χ1v) is 7.53. The molecule has 8 heteroatoms. The summed E-state index contributed by atoms with van der Waals surface area (Å²) in [6, 6.07) is -0.190. The number of nitrogens with one attached hydrogen (secondary N) is 1. The molecule has 2 rings (SSSR count). The minimum absolute atomic E-state index is 0.00498. The number of urea groups is 1. The molecule has 1 aromatic rings. The molecule has 0 saturated carbocycles. The van der Waals surface area contributed by atoms with E-state index in [1.165, 1.54) is 16.7 Å². The number of nitrogens with zero attached hydrogens (tertiary/aromatic N) is 2. The third-order valence-corrected chi connectivity index (χ3v) is 3.87. The van der Waals surface area contributed by atoms with E-state index in [1.807, 2.05) is 20.8 Å². The van der Waals surface area contributed by atoms with E-state index < -0.39 is 5.97 Å². The van der Waals surface area contributed by atoms with Crippen molar-refractivity contribution in [3.8, 4) is 0 Å². The maximum atomic E-state index is 12.2. The van der Waals surface area contributed by atoms with Gasteiger partial charge in [0.25, 0.3) is 0 Å². The van der Waals surface area contributed by atoms with Crippen LogP contribution < -0.4 is 5.32 Å². The van der Waals surface area contributed by atoms with Gasteiger partial charge in [0.1, 0.15) is 5.01 Å². The van der Waals surface area contributed by atoms with E-state index in [4.69, 9.17) is 9.84 Å². The van der Waals surface area contributed by atoms with Crippen molar-refractivity contribution < 1.29 is 19.4 Å². The zero-order valence-electron chi connectivity index (χ0n) is 12.3. The summed E-state index contributed by atoms with van der Waals surface area (Å²) < 4.78 is 5.75. The smallest absolute Gasteiger partial charge is 0.355 e. The minimum Gasteiger partial charge on any atom is -0.476 e. The van der Waals surface area contributed by atoms with Gasteiger partial charge in [0.05, 0.1) is 24.8 Å². The molecule has 1 fully saturated rings. The summed E-state index contributed by atoms with van der Waals surface area (Å²) in [5, 5.41) is 13.6. The van der Waals surface area contributed by atoms with Gasteiger partial charge in [0, 0.05) is 11.9 Å². The number of carbonyl (C=O) groups excluding carboxylic acids is 1. The third kappa shape index (κ3) is 4.15. The highest BCUT2D eigenvalue weighted by atomic mass is 32.1. The summed E-state index contributed by atoms with van der Waals surface area (Å²) >= 11 is 1.22. The number of morpholine rings is 1. The Kier molecular flexibility index (Phi) is 4.48. The van der Waals surface area contributed by atoms with Crippen LogP contribution >= 0.6 is 11.3 Å². The molecule has 1 atom stereocenters. The van der Waals surface area contributed by atoms with Crippen LogP contribution in [0.5, 0.6) is 0 Å². The van der Waals surface area contributed by atoms with E-state index in [9.17, 15) is 9.59 Å². The standard InChI is InChI=1S/C13H19N3O4S/c1-8-5-16(7-13(2,3)20-8)12(19)14-4-10-15-9(6-21-10)11(17)18/h6,8H,4-5,7H2,1-3H3,(H,14,19)(H,17,18). The third-order valence-electron chi connectivity index (χ3n) is 3.02. The van der Waals surface area contributed by atoms with Crippen LogP contribution in [-0.2, 0) is 11.3 Å². The van der Waals surface area contributed by atoms with E-state index in [1.54, 1.807) is 4.90 Å². The minimum atomic E-state index is -1.06. The van der Waals surface area contributed by atoms with Gasteiger partial charge in [0.2, 0.25) is 0 Å². The number of thiazole rings is 1. The molecule has 2 heterocycles. The zero-order valence-corrected chi connectivity index (χ0v) is 13.1. The van der Waals surface area contributed by atoms with Gasteiger partial charge >= 0.3 is 12.0 Å². The number of aromatic nitrogens is 1. The molecular formula is C13H19N3O4S. The van der Waals surface area contributed by atoms with Crippen molar-refractivity contribution in [3.05, 3.63) is 16.1 Å². The number of carbonyl (C=O) groups is 2. The van der Waals surface area contributed by atoms with Crippen LogP contribution in [0.4, 0.5) is 4.79 Å². The molecule has 0 radical (unpaired) electrons. The number of carboxylic acid groups (broad SMARTS) is 1. The van der Waals surface area contributed by atoms with Gasteiger partial charge in [-0.2, -0.15) is 0 Å². The van der Waals surface area contributed by atoms with Crippen molar-refractivity contribution >= 4 is 23.3 Å². The molecule has 0 aromatic carbocycles. The molecule has 1 saturated heterocycles. The number of hydrogen-bond donors (Lipinski definition) is 2. The molecule has 116 valence electrons. The lowest BCUT2D eigenvalue weighted by molar-refractivity contribution is -0.117. The summed E-state index contributed by atoms with van der Waals surface area (Å²) in [6.45, 7) is 7.10. The molecule has 7 nitrogen and oxygen atoms in total. The molecule has 0 aliphatic carbocycles. The zero-order chi connectivity index (χ0) is 15.6. The summed E-state index contributed by atoms with van der Waals surface area (Å²) in [4.78, 5) is 28.5. The largest absolute Gasteiger partial charge is 0.476 e. The molecule has 1 aliphatic heterocycles. The Hall–Kier alpha value is -1.67. The van der Waals surface area contributed by atoms with Crippen LogP contribution in [0.15, 0.2) is 5.38 Å². The second-order valence-corrected chi connectivity index (χ2v) is 6.60. The maximum absolute atomic E-state index is 12.2. The number of aromatic carboxylic acids is 1. The molecular weight excluding hydrogens is 294 g/mol. The number of rotatable bonds is 3. The van der Waals surface area contributed by atoms with Gasteiger partial charge in [-0.15, -0.1) is 11.3 Å². The molecule has 1 aromatic heterocycles. The van der Waals surface area contributed by atoms with Gasteiger partial charge in [-0.05, 0) is 20.8 Å². The fraction of sp³-hybridized carbons (Fsp3) is 0.615. The number of hydrogen-bond acceptors (Lipinski definition) is 5. The Bertz CT molecular complexity index is 543. The second kappa shape index (κ2) is 5.98. The van der Waals surface area contributed by atoms with E-state index in [2.05, 4.69) is 10.3 Å². The predicted octanol–water partition coefficient (Wildman–Crippen LogP) is 1.55. The van der Waals surface area contributed by atoms with Gasteiger partial charge in [-0.3, -0.25) is 0 Å². The average Bonchev–Trinajstić information content (AvgIpc) is 2.82. The summed E-state index contributed by atoms with van der Waals surface area (Å²) in [7, 11) is 0. The van der Waals surface area contributed by atoms with Crippen LogP contribution in [-0.4, -0.2) is 51.8 Å². The Balaban J connectivity index is 1.90. The first-order chi connectivity index (χ1) is 9.77. The predicted molar refractivity (Wildman–Crippen MR) is 77.5 cm³/mol. The van der Waals surface area contributed by atoms with Gasteiger partial charge in [0.15, 0.2) is 5.69 Å². The highest BCUT2D eigenvalue weighted by Crippen LogP contribution is 2.20. The van der Waals surface area contributed by atoms with Gasteiger partial charge < -0.3 is 20.1 Å². The lowest BCUT2D eigenvalue weighted by Crippen LogP contribution is -2.56. The van der Waals surface area contributed by atoms with Crippen LogP contribution in [0, 0.1) is 0 Å². The van der Waals surface area contributed by atoms with Crippen molar-refractivity contribution in [3.63, 3.8) is 0 Å². The Labute approximate surface area is 126 Å². The molecule has 1 aliphatic rings. The summed E-state index contributed by atoms with van der Waals surface area (Å²) in [6.07, 6.45) is -0.0158. The lowest BCUT2D eigenvalue weighted by atomic mass is 10.1. The Morgan fingerprint density at radius 3 is 2.90 bits per heavy atom. The molecule has 2 amide bonds. The van der Waals surface area contributed by atoms with E-state index >= 15 is 0 Å². The average molecular weight is 313 g/mol. The first-order valence-electron chi connectivity index (χ1n) is 6.65. The molecule has 21 heavy (non-hydrogen) atoms. The first kappa shape index (κ1) is 15.7. The molecule has 0 spiro atoms. The Morgan fingerprint density at radius 2 is 2.33 bits per heavy atom. The van der Waals surface area contributed by atoms with Crippen molar-refractivity contribution in [1.82, 2.24) is 15.2 Å². The monoisotopic (exact) mass is 313 g/mol. The summed E-state index contributed by atoms with van der Waals surface area (Å²) in [5.74, 6) is -1.06. The summed E-state index contributed by atoms with van der Waals surface area (Å²) in [5.41, 5.74) is -0.363. The van der Waals surface area contributed by atoms with Crippen molar-refractivity contribution in [2.24, 2.45) is 0 Å². The van der Waals surface area contributed by atoms with Crippen LogP contribution in [0.3, 0.4) is 0 Å². The second-order valence-electron chi connectivity index (χ2n) is 5.66. The van der Waals surface area contributed by atoms with Crippen LogP contribution in [0.1, 0.15) is 36.3 Å². The Morgan fingerprint density at radius 1 is 1.62 bits per heavy atom. The number of ether oxygens (including phenoxy) is 1. The number of amides is 2. The molecule has 0 bridgehead atoms. The van der Waals surface area contributed by atoms with E-state index in [-0.39, 0.29) is 30.0 Å². The fourth-order valence-corrected chi connectivity index (χ4v) is 3.07. The quantitative estimate of drug-likeness (QED) is 0.883. The van der Waals surface area contributed by atoms with Crippen LogP contribution in [0.25, 0.3) is 0 Å². The van der Waals surface area contributed by atoms with E-state index in [0.717, 1.165) is 0 Å². The highest BCUT2D eigenvalue weighted by molar-refractivity contribution is 7.09. The normalized spacial score (nSPS) is 21.1. The fourth-order valence-electron chi connectivity index (χ4n) is 2.36.